The molecule has 146 valence electrons. The van der Waals surface area contributed by atoms with Gasteiger partial charge in [0.25, 0.3) is 0 Å². The van der Waals surface area contributed by atoms with E-state index in [0.717, 1.165) is 50.6 Å². The monoisotopic (exact) mass is 482 g/mol. The molecule has 0 aliphatic rings. The summed E-state index contributed by atoms with van der Waals surface area (Å²) < 4.78 is 0. The zero-order valence-electron chi connectivity index (χ0n) is 16.3. The lowest BCUT2D eigenvalue weighted by Gasteiger charge is -2.17. The molecule has 0 fully saturated rings. The summed E-state index contributed by atoms with van der Waals surface area (Å²) in [4.78, 5) is 10.6. The van der Waals surface area contributed by atoms with Gasteiger partial charge < -0.3 is 15.7 Å². The Hall–Kier alpha value is -0.410. The molecule has 0 radical (unpaired) electrons. The molecule has 0 amide bonds. The summed E-state index contributed by atoms with van der Waals surface area (Å²) >= 11 is 1.77. The van der Waals surface area contributed by atoms with Gasteiger partial charge in [-0.3, -0.25) is 4.99 Å². The second-order valence-electron chi connectivity index (χ2n) is 6.65. The van der Waals surface area contributed by atoms with Crippen molar-refractivity contribution in [2.24, 2.45) is 16.8 Å². The standard InChI is InChI=1S/C18H34N4OS.HI/c1-6-19-18(21-12-16(8-10-23)11-13(2)3)20-9-7-17-22-14(4)15(5)24-17;/h13,16,23H,6-12H2,1-5H3,(H2,19,20,21);1H. The number of nitrogens with one attached hydrogen (secondary N) is 2. The molecule has 0 aromatic carbocycles. The van der Waals surface area contributed by atoms with E-state index < -0.39 is 0 Å². The molecule has 3 N–H and O–H groups in total. The normalized spacial score (nSPS) is 12.8. The topological polar surface area (TPSA) is 69.5 Å². The van der Waals surface area contributed by atoms with Gasteiger partial charge in [-0.05, 0) is 45.4 Å². The van der Waals surface area contributed by atoms with Crippen molar-refractivity contribution < 1.29 is 5.11 Å². The molecule has 0 aliphatic heterocycles. The lowest BCUT2D eigenvalue weighted by Crippen LogP contribution is -2.38. The molecular weight excluding hydrogens is 447 g/mol. The van der Waals surface area contributed by atoms with Crippen molar-refractivity contribution in [1.29, 1.82) is 0 Å². The van der Waals surface area contributed by atoms with Crippen molar-refractivity contribution in [2.75, 3.05) is 26.2 Å². The van der Waals surface area contributed by atoms with E-state index >= 15 is 0 Å². The van der Waals surface area contributed by atoms with E-state index in [4.69, 9.17) is 4.99 Å². The lowest BCUT2D eigenvalue weighted by molar-refractivity contribution is 0.245. The molecule has 7 heteroatoms. The van der Waals surface area contributed by atoms with Gasteiger partial charge >= 0.3 is 0 Å². The van der Waals surface area contributed by atoms with Crippen molar-refractivity contribution in [1.82, 2.24) is 15.6 Å². The SMILES string of the molecule is CCNC(=NCC(CCO)CC(C)C)NCCc1nc(C)c(C)s1.I. The molecule has 1 aromatic rings. The third kappa shape index (κ3) is 10.4. The maximum atomic E-state index is 9.22. The van der Waals surface area contributed by atoms with Crippen LogP contribution in [0.25, 0.3) is 0 Å². The molecule has 0 aliphatic carbocycles. The summed E-state index contributed by atoms with van der Waals surface area (Å²) in [6.45, 7) is 13.3. The van der Waals surface area contributed by atoms with Crippen LogP contribution in [-0.2, 0) is 6.42 Å². The second kappa shape index (κ2) is 13.7. The molecule has 1 rings (SSSR count). The van der Waals surface area contributed by atoms with E-state index in [2.05, 4.69) is 50.2 Å². The number of hydrogen-bond acceptors (Lipinski definition) is 4. The molecular formula is C18H35IN4OS. The van der Waals surface area contributed by atoms with Crippen molar-refractivity contribution in [3.8, 4) is 0 Å². The summed E-state index contributed by atoms with van der Waals surface area (Å²) in [5, 5.41) is 17.1. The Labute approximate surface area is 174 Å². The van der Waals surface area contributed by atoms with E-state index in [-0.39, 0.29) is 30.6 Å². The van der Waals surface area contributed by atoms with Crippen LogP contribution in [0.1, 0.15) is 49.2 Å². The Morgan fingerprint density at radius 2 is 2.00 bits per heavy atom. The minimum Gasteiger partial charge on any atom is -0.396 e. The van der Waals surface area contributed by atoms with Crippen LogP contribution in [0, 0.1) is 25.7 Å². The number of aliphatic hydroxyl groups is 1. The highest BCUT2D eigenvalue weighted by Crippen LogP contribution is 2.17. The molecule has 1 atom stereocenters. The fourth-order valence-electron chi connectivity index (χ4n) is 2.63. The van der Waals surface area contributed by atoms with Crippen LogP contribution in [0.5, 0.6) is 0 Å². The summed E-state index contributed by atoms with van der Waals surface area (Å²) in [5.41, 5.74) is 1.14. The highest BCUT2D eigenvalue weighted by atomic mass is 127. The Kier molecular flexibility index (Phi) is 13.5. The fourth-order valence-corrected chi connectivity index (χ4v) is 3.56. The van der Waals surface area contributed by atoms with Gasteiger partial charge in [0.1, 0.15) is 0 Å². The number of aliphatic imine (C=N–C) groups is 1. The van der Waals surface area contributed by atoms with Gasteiger partial charge in [-0.25, -0.2) is 4.98 Å². The molecule has 1 heterocycles. The Morgan fingerprint density at radius 1 is 1.28 bits per heavy atom. The fraction of sp³-hybridized carbons (Fsp3) is 0.778. The van der Waals surface area contributed by atoms with Gasteiger partial charge in [-0.15, -0.1) is 35.3 Å². The van der Waals surface area contributed by atoms with Crippen LogP contribution in [0.15, 0.2) is 4.99 Å². The largest absolute Gasteiger partial charge is 0.396 e. The zero-order valence-corrected chi connectivity index (χ0v) is 19.4. The molecule has 0 saturated carbocycles. The maximum Gasteiger partial charge on any atom is 0.191 e. The number of guanidine groups is 1. The highest BCUT2D eigenvalue weighted by Gasteiger charge is 2.11. The van der Waals surface area contributed by atoms with Crippen LogP contribution in [-0.4, -0.2) is 42.3 Å². The van der Waals surface area contributed by atoms with Gasteiger partial charge in [0.15, 0.2) is 5.96 Å². The van der Waals surface area contributed by atoms with E-state index in [1.54, 1.807) is 11.3 Å². The minimum atomic E-state index is 0. The molecule has 0 saturated heterocycles. The van der Waals surface area contributed by atoms with Crippen molar-refractivity contribution >= 4 is 41.3 Å². The Morgan fingerprint density at radius 3 is 2.52 bits per heavy atom. The quantitative estimate of drug-likeness (QED) is 0.271. The zero-order chi connectivity index (χ0) is 17.9. The summed E-state index contributed by atoms with van der Waals surface area (Å²) in [5.74, 6) is 1.92. The first-order valence-electron chi connectivity index (χ1n) is 9.02. The van der Waals surface area contributed by atoms with Gasteiger partial charge in [0.05, 0.1) is 10.7 Å². The lowest BCUT2D eigenvalue weighted by atomic mass is 9.94. The van der Waals surface area contributed by atoms with Gasteiger partial charge in [-0.1, -0.05) is 13.8 Å². The molecule has 1 unspecified atom stereocenters. The average Bonchev–Trinajstić information content (AvgIpc) is 2.82. The van der Waals surface area contributed by atoms with Crippen LogP contribution < -0.4 is 10.6 Å². The second-order valence-corrected chi connectivity index (χ2v) is 7.94. The van der Waals surface area contributed by atoms with Gasteiger partial charge in [-0.2, -0.15) is 0 Å². The van der Waals surface area contributed by atoms with Crippen LogP contribution in [0.2, 0.25) is 0 Å². The number of aliphatic hydroxyl groups excluding tert-OH is 1. The first-order chi connectivity index (χ1) is 11.5. The third-order valence-electron chi connectivity index (χ3n) is 3.90. The number of aryl methyl sites for hydroxylation is 2. The van der Waals surface area contributed by atoms with Gasteiger partial charge in [0.2, 0.25) is 0 Å². The van der Waals surface area contributed by atoms with E-state index in [0.29, 0.717) is 11.8 Å². The van der Waals surface area contributed by atoms with Crippen LogP contribution in [0.3, 0.4) is 0 Å². The summed E-state index contributed by atoms with van der Waals surface area (Å²) in [7, 11) is 0. The van der Waals surface area contributed by atoms with Crippen LogP contribution >= 0.6 is 35.3 Å². The van der Waals surface area contributed by atoms with Crippen molar-refractivity contribution in [3.05, 3.63) is 15.6 Å². The maximum absolute atomic E-state index is 9.22. The molecule has 1 aromatic heterocycles. The third-order valence-corrected chi connectivity index (χ3v) is 5.03. The Balaban J connectivity index is 0.00000576. The number of nitrogens with zero attached hydrogens (tertiary/aromatic N) is 2. The van der Waals surface area contributed by atoms with Crippen LogP contribution in [0.4, 0.5) is 0 Å². The molecule has 0 bridgehead atoms. The predicted octanol–water partition coefficient (Wildman–Crippen LogP) is 3.52. The molecule has 0 spiro atoms. The summed E-state index contributed by atoms with van der Waals surface area (Å²) in [6, 6.07) is 0. The average molecular weight is 482 g/mol. The Bertz CT molecular complexity index is 486. The first-order valence-corrected chi connectivity index (χ1v) is 9.83. The molecule has 25 heavy (non-hydrogen) atoms. The predicted molar refractivity (Wildman–Crippen MR) is 119 cm³/mol. The number of rotatable bonds is 10. The first kappa shape index (κ1) is 24.6. The van der Waals surface area contributed by atoms with E-state index in [9.17, 15) is 5.11 Å². The highest BCUT2D eigenvalue weighted by molar-refractivity contribution is 14.0. The smallest absolute Gasteiger partial charge is 0.191 e. The van der Waals surface area contributed by atoms with E-state index in [1.165, 1.54) is 9.88 Å². The minimum absolute atomic E-state index is 0. The van der Waals surface area contributed by atoms with Crippen molar-refractivity contribution in [3.63, 3.8) is 0 Å². The number of thiazole rings is 1. The number of halogens is 1. The van der Waals surface area contributed by atoms with Gasteiger partial charge in [0, 0.05) is 37.5 Å². The number of aromatic nitrogens is 1. The van der Waals surface area contributed by atoms with Crippen molar-refractivity contribution in [2.45, 2.75) is 53.9 Å². The molecule has 5 nitrogen and oxygen atoms in total. The number of hydrogen-bond donors (Lipinski definition) is 3. The van der Waals surface area contributed by atoms with E-state index in [1.807, 2.05) is 0 Å². The summed E-state index contributed by atoms with van der Waals surface area (Å²) in [6.07, 6.45) is 2.83.